The van der Waals surface area contributed by atoms with E-state index in [0.717, 1.165) is 17.1 Å². The summed E-state index contributed by atoms with van der Waals surface area (Å²) in [6, 6.07) is 42.3. The highest BCUT2D eigenvalue weighted by Crippen LogP contribution is 2.35. The van der Waals surface area contributed by atoms with Crippen molar-refractivity contribution in [1.82, 2.24) is 0 Å². The lowest BCUT2D eigenvalue weighted by atomic mass is 10.2. The number of halogens is 1. The topological polar surface area (TPSA) is 116 Å². The molecule has 2 N–H and O–H groups in total. The van der Waals surface area contributed by atoms with Crippen LogP contribution in [0.2, 0.25) is 0 Å². The van der Waals surface area contributed by atoms with E-state index < -0.39 is 4.92 Å². The lowest BCUT2D eigenvalue weighted by Gasteiger charge is -2.25. The maximum atomic E-state index is 11.0. The Bertz CT molecular complexity index is 1450. The number of para-hydroxylation sites is 2. The number of nitro benzene ring substituents is 2. The monoisotopic (exact) mass is 632 g/mol. The van der Waals surface area contributed by atoms with Gasteiger partial charge in [0.25, 0.3) is 11.4 Å². The normalized spacial score (nSPS) is 9.67. The third-order valence-electron chi connectivity index (χ3n) is 5.14. The van der Waals surface area contributed by atoms with Crippen LogP contribution >= 0.6 is 22.6 Å². The lowest BCUT2D eigenvalue weighted by molar-refractivity contribution is -0.385. The van der Waals surface area contributed by atoms with Gasteiger partial charge in [-0.15, -0.1) is 0 Å². The summed E-state index contributed by atoms with van der Waals surface area (Å²) in [6.07, 6.45) is 0. The molecule has 0 radical (unpaired) electrons. The smallest absolute Gasteiger partial charge is 0.271 e. The summed E-state index contributed by atoms with van der Waals surface area (Å²) in [5, 5.41) is 21.1. The van der Waals surface area contributed by atoms with Crippen molar-refractivity contribution >= 4 is 56.7 Å². The average Bonchev–Trinajstić information content (AvgIpc) is 2.96. The Kier molecular flexibility index (Phi) is 11.0. The number of nitro groups is 2. The highest BCUT2D eigenvalue weighted by molar-refractivity contribution is 14.1. The molecule has 8 nitrogen and oxygen atoms in total. The number of anilines is 4. The van der Waals surface area contributed by atoms with Crippen molar-refractivity contribution in [3.8, 4) is 0 Å². The van der Waals surface area contributed by atoms with E-state index in [1.807, 2.05) is 89.8 Å². The number of nitrogen functional groups attached to an aromatic ring is 1. The van der Waals surface area contributed by atoms with Crippen molar-refractivity contribution in [2.75, 3.05) is 10.6 Å². The zero-order valence-electron chi connectivity index (χ0n) is 20.7. The van der Waals surface area contributed by atoms with Crippen molar-refractivity contribution in [2.24, 2.45) is 0 Å². The maximum absolute atomic E-state index is 11.0. The van der Waals surface area contributed by atoms with Gasteiger partial charge >= 0.3 is 0 Å². The second kappa shape index (κ2) is 14.8. The van der Waals surface area contributed by atoms with Crippen LogP contribution in [0.4, 0.5) is 34.1 Å². The van der Waals surface area contributed by atoms with Gasteiger partial charge in [-0.1, -0.05) is 66.7 Å². The van der Waals surface area contributed by atoms with Crippen molar-refractivity contribution in [2.45, 2.75) is 0 Å². The van der Waals surface area contributed by atoms with Gasteiger partial charge in [-0.3, -0.25) is 20.2 Å². The number of hydrogen-bond acceptors (Lipinski definition) is 6. The minimum absolute atomic E-state index is 0.0278. The minimum Gasteiger partial charge on any atom is -0.399 e. The molecule has 0 amide bonds. The fourth-order valence-corrected chi connectivity index (χ4v) is 3.82. The molecular weight excluding hydrogens is 607 g/mol. The van der Waals surface area contributed by atoms with Gasteiger partial charge in [-0.2, -0.15) is 0 Å². The largest absolute Gasteiger partial charge is 0.399 e. The molecule has 0 spiro atoms. The third-order valence-corrected chi connectivity index (χ3v) is 5.86. The summed E-state index contributed by atoms with van der Waals surface area (Å²) in [7, 11) is 0. The summed E-state index contributed by atoms with van der Waals surface area (Å²) < 4.78 is 1.29. The van der Waals surface area contributed by atoms with E-state index in [1.165, 1.54) is 21.8 Å². The first-order chi connectivity index (χ1) is 18.8. The molecule has 5 aromatic rings. The van der Waals surface area contributed by atoms with Gasteiger partial charge in [-0.05, 0) is 71.1 Å². The van der Waals surface area contributed by atoms with Crippen LogP contribution in [-0.4, -0.2) is 9.85 Å². The summed E-state index contributed by atoms with van der Waals surface area (Å²) in [4.78, 5) is 22.3. The second-order valence-corrected chi connectivity index (χ2v) is 9.18. The Hall–Kier alpha value is -4.77. The lowest BCUT2D eigenvalue weighted by Crippen LogP contribution is -2.09. The highest BCUT2D eigenvalue weighted by atomic mass is 127. The first-order valence-electron chi connectivity index (χ1n) is 11.7. The zero-order chi connectivity index (χ0) is 28.0. The Morgan fingerprint density at radius 2 is 0.949 bits per heavy atom. The van der Waals surface area contributed by atoms with E-state index in [1.54, 1.807) is 24.3 Å². The summed E-state index contributed by atoms with van der Waals surface area (Å²) in [6.45, 7) is 0. The molecule has 0 heterocycles. The van der Waals surface area contributed by atoms with E-state index in [4.69, 9.17) is 5.73 Å². The van der Waals surface area contributed by atoms with Gasteiger partial charge in [0.2, 0.25) is 0 Å². The molecule has 39 heavy (non-hydrogen) atoms. The Morgan fingerprint density at radius 3 is 1.33 bits per heavy atom. The molecule has 0 atom stereocenters. The van der Waals surface area contributed by atoms with Gasteiger partial charge in [-0.25, -0.2) is 0 Å². The zero-order valence-corrected chi connectivity index (χ0v) is 22.9. The molecule has 0 bridgehead atoms. The molecule has 196 valence electrons. The third kappa shape index (κ3) is 9.24. The molecule has 9 heteroatoms. The Balaban J connectivity index is 0.000000202. The molecule has 5 rings (SSSR count). The molecule has 0 saturated heterocycles. The number of nitrogens with two attached hydrogens (primary N) is 1. The molecule has 0 aliphatic rings. The first-order valence-corrected chi connectivity index (χ1v) is 12.8. The predicted molar refractivity (Wildman–Crippen MR) is 164 cm³/mol. The van der Waals surface area contributed by atoms with Gasteiger partial charge < -0.3 is 10.6 Å². The van der Waals surface area contributed by atoms with Gasteiger partial charge in [0.15, 0.2) is 0 Å². The molecule has 0 fully saturated rings. The van der Waals surface area contributed by atoms with Crippen molar-refractivity contribution in [3.63, 3.8) is 0 Å². The van der Waals surface area contributed by atoms with Crippen LogP contribution in [0.3, 0.4) is 0 Å². The fraction of sp³-hybridized carbons (Fsp3) is 0. The molecule has 0 aromatic heterocycles. The summed E-state index contributed by atoms with van der Waals surface area (Å²) in [5.41, 5.74) is 8.47. The average molecular weight is 632 g/mol. The van der Waals surface area contributed by atoms with Crippen molar-refractivity contribution in [3.05, 3.63) is 163 Å². The van der Waals surface area contributed by atoms with E-state index in [-0.39, 0.29) is 16.3 Å². The fourth-order valence-electron chi connectivity index (χ4n) is 3.40. The van der Waals surface area contributed by atoms with Crippen LogP contribution in [0.1, 0.15) is 0 Å². The highest BCUT2D eigenvalue weighted by Gasteiger charge is 2.14. The van der Waals surface area contributed by atoms with Crippen LogP contribution in [0, 0.1) is 23.8 Å². The minimum atomic E-state index is -0.476. The van der Waals surface area contributed by atoms with E-state index in [9.17, 15) is 20.2 Å². The Labute approximate surface area is 239 Å². The number of nitrogens with zero attached hydrogens (tertiary/aromatic N) is 3. The van der Waals surface area contributed by atoms with E-state index >= 15 is 0 Å². The van der Waals surface area contributed by atoms with Crippen LogP contribution in [-0.2, 0) is 0 Å². The van der Waals surface area contributed by atoms with Crippen LogP contribution in [0.25, 0.3) is 0 Å². The number of rotatable bonds is 5. The van der Waals surface area contributed by atoms with Gasteiger partial charge in [0.05, 0.1) is 15.5 Å². The Morgan fingerprint density at radius 1 is 0.538 bits per heavy atom. The number of non-ortho nitro benzene ring substituents is 2. The number of benzene rings is 5. The molecular formula is C30H25IN4O4. The van der Waals surface area contributed by atoms with Crippen LogP contribution < -0.4 is 10.6 Å². The van der Waals surface area contributed by atoms with E-state index in [2.05, 4.69) is 34.7 Å². The molecule has 0 aliphatic heterocycles. The first kappa shape index (κ1) is 28.8. The quantitative estimate of drug-likeness (QED) is 0.0899. The van der Waals surface area contributed by atoms with Crippen LogP contribution in [0.5, 0.6) is 0 Å². The van der Waals surface area contributed by atoms with Gasteiger partial charge in [0, 0.05) is 44.9 Å². The molecule has 0 unspecified atom stereocenters. The molecule has 5 aromatic carbocycles. The second-order valence-electron chi connectivity index (χ2n) is 7.93. The maximum Gasteiger partial charge on any atom is 0.271 e. The van der Waals surface area contributed by atoms with E-state index in [0.29, 0.717) is 5.69 Å². The number of hydrogen-bond donors (Lipinski definition) is 1. The summed E-state index contributed by atoms with van der Waals surface area (Å²) in [5.74, 6) is 0. The molecule has 0 aliphatic carbocycles. The summed E-state index contributed by atoms with van der Waals surface area (Å²) >= 11 is 2.28. The van der Waals surface area contributed by atoms with Gasteiger partial charge in [0.1, 0.15) is 0 Å². The van der Waals surface area contributed by atoms with Crippen molar-refractivity contribution < 1.29 is 9.85 Å². The van der Waals surface area contributed by atoms with Crippen molar-refractivity contribution in [1.29, 1.82) is 0 Å². The van der Waals surface area contributed by atoms with Crippen LogP contribution in [0.15, 0.2) is 140 Å². The SMILES string of the molecule is Ic1ccccc1.Nc1cccc([N+](=O)[O-])c1.O=[N+]([O-])c1cccc(N(c2ccccc2)c2ccccc2)c1. The standard InChI is InChI=1S/C18H14N2O2.C6H5I.C6H6N2O2/c21-20(22)18-13-7-12-17(14-18)19(15-8-3-1-4-9-15)16-10-5-2-6-11-16;7-6-4-2-1-3-5-6;7-5-2-1-3-6(4-5)8(9)10/h1-14H;1-5H;1-4H,7H2. The predicted octanol–water partition coefficient (Wildman–Crippen LogP) is 8.53. The molecule has 0 saturated carbocycles.